The lowest BCUT2D eigenvalue weighted by Gasteiger charge is -2.08. The molecule has 0 atom stereocenters. The fourth-order valence-electron chi connectivity index (χ4n) is 1.52. The third-order valence-corrected chi connectivity index (χ3v) is 4.55. The minimum Gasteiger partial charge on any atom is -0.494 e. The third kappa shape index (κ3) is 3.40. The highest BCUT2D eigenvalue weighted by molar-refractivity contribution is 7.98. The van der Waals surface area contributed by atoms with E-state index in [1.807, 2.05) is 38.2 Å². The number of nitrogens with zero attached hydrogens (tertiary/aromatic N) is 1. The van der Waals surface area contributed by atoms with Crippen LogP contribution < -0.4 is 10.5 Å². The Balaban J connectivity index is 2.05. The first-order chi connectivity index (χ1) is 8.69. The van der Waals surface area contributed by atoms with Crippen molar-refractivity contribution in [3.63, 3.8) is 0 Å². The summed E-state index contributed by atoms with van der Waals surface area (Å²) in [6.07, 6.45) is 1.93. The normalized spacial score (nSPS) is 10.6. The van der Waals surface area contributed by atoms with Crippen LogP contribution in [0.2, 0.25) is 0 Å². The molecule has 1 heterocycles. The predicted octanol–water partition coefficient (Wildman–Crippen LogP) is 3.72. The first-order valence-corrected chi connectivity index (χ1v) is 7.55. The number of ether oxygens (including phenoxy) is 1. The van der Waals surface area contributed by atoms with E-state index in [9.17, 15) is 0 Å². The molecular formula is C13H16N2OS2. The Kier molecular flexibility index (Phi) is 4.49. The molecule has 2 aromatic rings. The fourth-order valence-corrected chi connectivity index (χ4v) is 3.33. The number of aryl methyl sites for hydroxylation is 1. The Morgan fingerprint density at radius 1 is 1.44 bits per heavy atom. The number of benzene rings is 1. The smallest absolute Gasteiger partial charge is 0.120 e. The summed E-state index contributed by atoms with van der Waals surface area (Å²) in [5, 5.41) is 1.10. The van der Waals surface area contributed by atoms with Crippen molar-refractivity contribution in [1.29, 1.82) is 0 Å². The zero-order valence-electron chi connectivity index (χ0n) is 10.5. The van der Waals surface area contributed by atoms with Crippen LogP contribution in [0.15, 0.2) is 29.3 Å². The minimum atomic E-state index is 0.669. The van der Waals surface area contributed by atoms with Gasteiger partial charge in [0.2, 0.25) is 0 Å². The number of nitrogens with two attached hydrogens (primary N) is 1. The van der Waals surface area contributed by atoms with Gasteiger partial charge in [-0.3, -0.25) is 0 Å². The summed E-state index contributed by atoms with van der Waals surface area (Å²) in [7, 11) is 0. The van der Waals surface area contributed by atoms with Gasteiger partial charge in [-0.15, -0.1) is 23.1 Å². The van der Waals surface area contributed by atoms with Gasteiger partial charge in [-0.25, -0.2) is 4.98 Å². The molecule has 0 amide bonds. The van der Waals surface area contributed by atoms with Gasteiger partial charge in [0, 0.05) is 27.4 Å². The van der Waals surface area contributed by atoms with Gasteiger partial charge in [0.05, 0.1) is 11.6 Å². The summed E-state index contributed by atoms with van der Waals surface area (Å²) in [6.45, 7) is 4.66. The highest BCUT2D eigenvalue weighted by atomic mass is 32.2. The molecular weight excluding hydrogens is 264 g/mol. The van der Waals surface area contributed by atoms with Crippen LogP contribution in [0.4, 0.5) is 5.69 Å². The van der Waals surface area contributed by atoms with Crippen LogP contribution in [0.25, 0.3) is 0 Å². The monoisotopic (exact) mass is 280 g/mol. The van der Waals surface area contributed by atoms with E-state index in [-0.39, 0.29) is 0 Å². The maximum absolute atomic E-state index is 5.97. The molecule has 2 N–H and O–H groups in total. The van der Waals surface area contributed by atoms with Crippen LogP contribution >= 0.6 is 23.1 Å². The van der Waals surface area contributed by atoms with Crippen molar-refractivity contribution < 1.29 is 4.74 Å². The summed E-state index contributed by atoms with van der Waals surface area (Å²) in [4.78, 5) is 6.57. The van der Waals surface area contributed by atoms with Crippen molar-refractivity contribution in [2.45, 2.75) is 24.5 Å². The Morgan fingerprint density at radius 3 is 2.94 bits per heavy atom. The highest BCUT2D eigenvalue weighted by Crippen LogP contribution is 2.32. The lowest BCUT2D eigenvalue weighted by Crippen LogP contribution is -1.94. The molecule has 0 unspecified atom stereocenters. The Labute approximate surface area is 115 Å². The second-order valence-corrected chi connectivity index (χ2v) is 6.10. The van der Waals surface area contributed by atoms with E-state index in [0.29, 0.717) is 6.61 Å². The molecule has 0 aliphatic rings. The number of rotatable bonds is 5. The number of thioether (sulfide) groups is 1. The minimum absolute atomic E-state index is 0.669. The van der Waals surface area contributed by atoms with Gasteiger partial charge in [0.15, 0.2) is 0 Å². The molecule has 0 aliphatic carbocycles. The van der Waals surface area contributed by atoms with Crippen LogP contribution in [-0.4, -0.2) is 11.6 Å². The SMILES string of the molecule is CCOc1ccc(N)c(SCc2cnc(C)s2)c1. The fraction of sp³-hybridized carbons (Fsp3) is 0.308. The van der Waals surface area contributed by atoms with Gasteiger partial charge in [-0.1, -0.05) is 0 Å². The maximum atomic E-state index is 5.97. The molecule has 2 rings (SSSR count). The Bertz CT molecular complexity index is 525. The predicted molar refractivity (Wildman–Crippen MR) is 78.4 cm³/mol. The van der Waals surface area contributed by atoms with Gasteiger partial charge in [0.1, 0.15) is 5.75 Å². The average Bonchev–Trinajstić information content (AvgIpc) is 2.76. The van der Waals surface area contributed by atoms with Crippen molar-refractivity contribution >= 4 is 28.8 Å². The van der Waals surface area contributed by atoms with Crippen molar-refractivity contribution in [3.05, 3.63) is 34.3 Å². The molecule has 1 aromatic carbocycles. The standard InChI is InChI=1S/C13H16N2OS2/c1-3-16-10-4-5-12(14)13(6-10)17-8-11-7-15-9(2)18-11/h4-7H,3,8,14H2,1-2H3. The molecule has 5 heteroatoms. The van der Waals surface area contributed by atoms with Crippen molar-refractivity contribution in [1.82, 2.24) is 4.98 Å². The Morgan fingerprint density at radius 2 is 2.28 bits per heavy atom. The van der Waals surface area contributed by atoms with E-state index in [2.05, 4.69) is 4.98 Å². The summed E-state index contributed by atoms with van der Waals surface area (Å²) in [6, 6.07) is 5.79. The number of aromatic nitrogens is 1. The second kappa shape index (κ2) is 6.11. The van der Waals surface area contributed by atoms with Crippen LogP contribution in [0.3, 0.4) is 0 Å². The summed E-state index contributed by atoms with van der Waals surface area (Å²) in [5.41, 5.74) is 6.76. The second-order valence-electron chi connectivity index (χ2n) is 3.77. The van der Waals surface area contributed by atoms with Gasteiger partial charge < -0.3 is 10.5 Å². The third-order valence-electron chi connectivity index (χ3n) is 2.34. The topological polar surface area (TPSA) is 48.1 Å². The molecule has 0 saturated carbocycles. The van der Waals surface area contributed by atoms with E-state index < -0.39 is 0 Å². The molecule has 0 aliphatic heterocycles. The van der Waals surface area contributed by atoms with Crippen molar-refractivity contribution in [3.8, 4) is 5.75 Å². The number of thiazole rings is 1. The quantitative estimate of drug-likeness (QED) is 0.670. The van der Waals surface area contributed by atoms with Crippen LogP contribution in [-0.2, 0) is 5.75 Å². The molecule has 18 heavy (non-hydrogen) atoms. The van der Waals surface area contributed by atoms with Crippen LogP contribution in [0.1, 0.15) is 16.8 Å². The molecule has 1 aromatic heterocycles. The van der Waals surface area contributed by atoms with Gasteiger partial charge in [-0.05, 0) is 32.0 Å². The molecule has 0 radical (unpaired) electrons. The van der Waals surface area contributed by atoms with E-state index in [1.54, 1.807) is 23.1 Å². The largest absolute Gasteiger partial charge is 0.494 e. The zero-order valence-corrected chi connectivity index (χ0v) is 12.1. The van der Waals surface area contributed by atoms with E-state index in [4.69, 9.17) is 10.5 Å². The van der Waals surface area contributed by atoms with Gasteiger partial charge in [-0.2, -0.15) is 0 Å². The van der Waals surface area contributed by atoms with Crippen LogP contribution in [0.5, 0.6) is 5.75 Å². The molecule has 3 nitrogen and oxygen atoms in total. The maximum Gasteiger partial charge on any atom is 0.120 e. The van der Waals surface area contributed by atoms with Crippen molar-refractivity contribution in [2.24, 2.45) is 0 Å². The summed E-state index contributed by atoms with van der Waals surface area (Å²) >= 11 is 3.44. The van der Waals surface area contributed by atoms with Crippen molar-refractivity contribution in [2.75, 3.05) is 12.3 Å². The molecule has 0 fully saturated rings. The number of hydrogen-bond donors (Lipinski definition) is 1. The number of hydrogen-bond acceptors (Lipinski definition) is 5. The van der Waals surface area contributed by atoms with E-state index in [1.165, 1.54) is 4.88 Å². The van der Waals surface area contributed by atoms with E-state index in [0.717, 1.165) is 27.1 Å². The van der Waals surface area contributed by atoms with E-state index >= 15 is 0 Å². The number of nitrogen functional groups attached to an aromatic ring is 1. The summed E-state index contributed by atoms with van der Waals surface area (Å²) < 4.78 is 5.48. The molecule has 0 spiro atoms. The lowest BCUT2D eigenvalue weighted by molar-refractivity contribution is 0.339. The molecule has 0 bridgehead atoms. The van der Waals surface area contributed by atoms with Gasteiger partial charge in [0.25, 0.3) is 0 Å². The average molecular weight is 280 g/mol. The zero-order chi connectivity index (χ0) is 13.0. The van der Waals surface area contributed by atoms with Crippen LogP contribution in [0, 0.1) is 6.92 Å². The molecule has 0 saturated heterocycles. The first-order valence-electron chi connectivity index (χ1n) is 5.75. The number of anilines is 1. The highest BCUT2D eigenvalue weighted by Gasteiger charge is 2.05. The summed E-state index contributed by atoms with van der Waals surface area (Å²) in [5.74, 6) is 1.76. The molecule has 96 valence electrons. The van der Waals surface area contributed by atoms with Gasteiger partial charge >= 0.3 is 0 Å². The lowest BCUT2D eigenvalue weighted by atomic mass is 10.3. The Hall–Kier alpha value is -1.20. The first kappa shape index (κ1) is 13.2.